The van der Waals surface area contributed by atoms with Crippen LogP contribution < -0.4 is 5.32 Å². The number of aryl methyl sites for hydroxylation is 1. The number of rotatable bonds is 3. The highest BCUT2D eigenvalue weighted by molar-refractivity contribution is 5.67. The highest BCUT2D eigenvalue weighted by atomic mass is 16.5. The van der Waals surface area contributed by atoms with Crippen LogP contribution in [0.25, 0.3) is 0 Å². The number of methoxy groups -OCH3 is 1. The van der Waals surface area contributed by atoms with Gasteiger partial charge in [0, 0.05) is 12.0 Å². The molecule has 0 saturated heterocycles. The van der Waals surface area contributed by atoms with Crippen molar-refractivity contribution in [1.29, 1.82) is 0 Å². The third-order valence-corrected chi connectivity index (χ3v) is 2.69. The molecule has 0 unspecified atom stereocenters. The normalized spacial score (nSPS) is 11.0. The van der Waals surface area contributed by atoms with Gasteiger partial charge in [-0.15, -0.1) is 0 Å². The molecule has 0 bridgehead atoms. The summed E-state index contributed by atoms with van der Waals surface area (Å²) in [6, 6.07) is 8.34. The van der Waals surface area contributed by atoms with Gasteiger partial charge in [0.25, 0.3) is 0 Å². The van der Waals surface area contributed by atoms with Gasteiger partial charge in [0.1, 0.15) is 0 Å². The molecule has 0 fully saturated rings. The second-order valence-corrected chi connectivity index (χ2v) is 4.60. The van der Waals surface area contributed by atoms with Crippen LogP contribution in [0.4, 0.5) is 4.79 Å². The van der Waals surface area contributed by atoms with Crippen molar-refractivity contribution >= 4 is 6.09 Å². The SMILES string of the molecule is COC(=O)NCC(C)(C)c1ccc(C)cc1. The number of carbonyl (C=O) groups excluding carboxylic acids is 1. The Bertz CT molecular complexity index is 355. The number of amides is 1. The third kappa shape index (κ3) is 3.26. The Morgan fingerprint density at radius 1 is 1.31 bits per heavy atom. The number of alkyl carbamates (subject to hydrolysis) is 1. The zero-order chi connectivity index (χ0) is 12.2. The molecule has 3 nitrogen and oxygen atoms in total. The van der Waals surface area contributed by atoms with E-state index in [1.807, 2.05) is 0 Å². The molecule has 1 N–H and O–H groups in total. The molecule has 0 aromatic heterocycles. The average Bonchev–Trinajstić information content (AvgIpc) is 2.26. The quantitative estimate of drug-likeness (QED) is 0.852. The van der Waals surface area contributed by atoms with E-state index in [0.29, 0.717) is 6.54 Å². The van der Waals surface area contributed by atoms with Gasteiger partial charge in [0.05, 0.1) is 7.11 Å². The lowest BCUT2D eigenvalue weighted by Crippen LogP contribution is -2.36. The van der Waals surface area contributed by atoms with Crippen molar-refractivity contribution in [2.45, 2.75) is 26.2 Å². The fourth-order valence-corrected chi connectivity index (χ4v) is 1.47. The van der Waals surface area contributed by atoms with Gasteiger partial charge in [-0.25, -0.2) is 4.79 Å². The summed E-state index contributed by atoms with van der Waals surface area (Å²) >= 11 is 0. The van der Waals surface area contributed by atoms with Crippen molar-refractivity contribution < 1.29 is 9.53 Å². The van der Waals surface area contributed by atoms with Crippen LogP contribution in [-0.2, 0) is 10.2 Å². The molecule has 0 spiro atoms. The first kappa shape index (κ1) is 12.6. The summed E-state index contributed by atoms with van der Waals surface area (Å²) in [5.74, 6) is 0. The van der Waals surface area contributed by atoms with Gasteiger partial charge < -0.3 is 10.1 Å². The first-order valence-corrected chi connectivity index (χ1v) is 5.34. The first-order valence-electron chi connectivity index (χ1n) is 5.34. The van der Waals surface area contributed by atoms with Gasteiger partial charge in [0.15, 0.2) is 0 Å². The summed E-state index contributed by atoms with van der Waals surface area (Å²) in [5, 5.41) is 2.72. The second kappa shape index (κ2) is 5.01. The monoisotopic (exact) mass is 221 g/mol. The van der Waals surface area contributed by atoms with Crippen molar-refractivity contribution in [3.8, 4) is 0 Å². The Balaban J connectivity index is 2.69. The Morgan fingerprint density at radius 2 is 1.88 bits per heavy atom. The Morgan fingerprint density at radius 3 is 2.38 bits per heavy atom. The molecule has 16 heavy (non-hydrogen) atoms. The van der Waals surface area contributed by atoms with Gasteiger partial charge in [-0.2, -0.15) is 0 Å². The topological polar surface area (TPSA) is 38.3 Å². The van der Waals surface area contributed by atoms with Crippen LogP contribution in [0.3, 0.4) is 0 Å². The molecular formula is C13H19NO2. The van der Waals surface area contributed by atoms with Crippen molar-refractivity contribution in [1.82, 2.24) is 5.32 Å². The van der Waals surface area contributed by atoms with E-state index in [1.165, 1.54) is 18.2 Å². The molecule has 0 aliphatic rings. The largest absolute Gasteiger partial charge is 0.453 e. The van der Waals surface area contributed by atoms with Crippen molar-refractivity contribution in [3.63, 3.8) is 0 Å². The molecule has 0 radical (unpaired) electrons. The number of nitrogens with one attached hydrogen (secondary N) is 1. The van der Waals surface area contributed by atoms with E-state index in [0.717, 1.165) is 0 Å². The highest BCUT2D eigenvalue weighted by Crippen LogP contribution is 2.22. The highest BCUT2D eigenvalue weighted by Gasteiger charge is 2.21. The van der Waals surface area contributed by atoms with E-state index in [4.69, 9.17) is 0 Å². The van der Waals surface area contributed by atoms with Crippen LogP contribution in [0, 0.1) is 6.92 Å². The zero-order valence-electron chi connectivity index (χ0n) is 10.3. The van der Waals surface area contributed by atoms with E-state index < -0.39 is 0 Å². The summed E-state index contributed by atoms with van der Waals surface area (Å²) in [6.07, 6.45) is -0.389. The summed E-state index contributed by atoms with van der Waals surface area (Å²) in [6.45, 7) is 6.80. The minimum atomic E-state index is -0.389. The van der Waals surface area contributed by atoms with Crippen LogP contribution >= 0.6 is 0 Å². The number of hydrogen-bond donors (Lipinski definition) is 1. The summed E-state index contributed by atoms with van der Waals surface area (Å²) in [4.78, 5) is 11.0. The molecule has 3 heteroatoms. The standard InChI is InChI=1S/C13H19NO2/c1-10-5-7-11(8-6-10)13(2,3)9-14-12(15)16-4/h5-8H,9H2,1-4H3,(H,14,15). The molecular weight excluding hydrogens is 202 g/mol. The average molecular weight is 221 g/mol. The van der Waals surface area contributed by atoms with Gasteiger partial charge in [-0.05, 0) is 12.5 Å². The number of carbonyl (C=O) groups is 1. The summed E-state index contributed by atoms with van der Waals surface area (Å²) < 4.78 is 4.55. The zero-order valence-corrected chi connectivity index (χ0v) is 10.3. The van der Waals surface area contributed by atoms with E-state index in [1.54, 1.807) is 0 Å². The predicted octanol–water partition coefficient (Wildman–Crippen LogP) is 2.63. The van der Waals surface area contributed by atoms with Crippen LogP contribution in [0.2, 0.25) is 0 Å². The molecule has 1 amide bonds. The second-order valence-electron chi connectivity index (χ2n) is 4.60. The summed E-state index contributed by atoms with van der Waals surface area (Å²) in [5.41, 5.74) is 2.34. The lowest BCUT2D eigenvalue weighted by molar-refractivity contribution is 0.168. The van der Waals surface area contributed by atoms with Crippen molar-refractivity contribution in [2.75, 3.05) is 13.7 Å². The predicted molar refractivity (Wildman–Crippen MR) is 64.6 cm³/mol. The molecule has 0 aliphatic carbocycles. The van der Waals surface area contributed by atoms with Gasteiger partial charge in [0.2, 0.25) is 0 Å². The number of hydrogen-bond acceptors (Lipinski definition) is 2. The molecule has 0 atom stereocenters. The van der Waals surface area contributed by atoms with Gasteiger partial charge >= 0.3 is 6.09 Å². The van der Waals surface area contributed by atoms with E-state index in [2.05, 4.69) is 55.1 Å². The molecule has 1 aromatic carbocycles. The Labute approximate surface area is 96.8 Å². The van der Waals surface area contributed by atoms with Crippen LogP contribution in [-0.4, -0.2) is 19.7 Å². The number of benzene rings is 1. The van der Waals surface area contributed by atoms with Gasteiger partial charge in [-0.1, -0.05) is 43.7 Å². The molecule has 88 valence electrons. The first-order chi connectivity index (χ1) is 7.45. The maximum atomic E-state index is 11.0. The molecule has 0 aliphatic heterocycles. The molecule has 1 rings (SSSR count). The van der Waals surface area contributed by atoms with E-state index in [-0.39, 0.29) is 11.5 Å². The minimum absolute atomic E-state index is 0.0953. The minimum Gasteiger partial charge on any atom is -0.453 e. The maximum absolute atomic E-state index is 11.0. The van der Waals surface area contributed by atoms with E-state index in [9.17, 15) is 4.79 Å². The fourth-order valence-electron chi connectivity index (χ4n) is 1.47. The van der Waals surface area contributed by atoms with Gasteiger partial charge in [-0.3, -0.25) is 0 Å². The van der Waals surface area contributed by atoms with Crippen LogP contribution in [0.5, 0.6) is 0 Å². The Hall–Kier alpha value is -1.51. The molecule has 0 heterocycles. The van der Waals surface area contributed by atoms with Crippen LogP contribution in [0.1, 0.15) is 25.0 Å². The Kier molecular flexibility index (Phi) is 3.93. The lowest BCUT2D eigenvalue weighted by atomic mass is 9.84. The van der Waals surface area contributed by atoms with Crippen molar-refractivity contribution in [2.24, 2.45) is 0 Å². The summed E-state index contributed by atoms with van der Waals surface area (Å²) in [7, 11) is 1.37. The lowest BCUT2D eigenvalue weighted by Gasteiger charge is -2.25. The van der Waals surface area contributed by atoms with E-state index >= 15 is 0 Å². The smallest absolute Gasteiger partial charge is 0.406 e. The van der Waals surface area contributed by atoms with Crippen LogP contribution in [0.15, 0.2) is 24.3 Å². The fraction of sp³-hybridized carbons (Fsp3) is 0.462. The third-order valence-electron chi connectivity index (χ3n) is 2.69. The number of ether oxygens (including phenoxy) is 1. The van der Waals surface area contributed by atoms with Crippen molar-refractivity contribution in [3.05, 3.63) is 35.4 Å². The molecule has 1 aromatic rings. The molecule has 0 saturated carbocycles. The maximum Gasteiger partial charge on any atom is 0.406 e.